The lowest BCUT2D eigenvalue weighted by atomic mass is 9.67. The number of hydrogen-bond donors (Lipinski definition) is 0. The number of rotatable bonds is 5. The molecule has 0 unspecified atom stereocenters. The largest absolute Gasteiger partial charge is 0.0955 e. The second-order valence-corrected chi connectivity index (χ2v) is 8.92. The molecule has 0 atom stereocenters. The fourth-order valence-corrected chi connectivity index (χ4v) is 4.86. The standard InChI is InChI=1S/C26H34/c1-8-9-10-11-20-15-21-16-26(6,7)23-13-12-18(4)14-22(23)25(21)19(5)24(20)17(2)3/h12-15H,2,8-11,16H2,1,3-7H3. The Morgan fingerprint density at radius 2 is 1.85 bits per heavy atom. The molecule has 138 valence electrons. The molecule has 0 bridgehead atoms. The third-order valence-electron chi connectivity index (χ3n) is 6.02. The first kappa shape index (κ1) is 19.0. The van der Waals surface area contributed by atoms with Crippen molar-refractivity contribution in [3.63, 3.8) is 0 Å². The molecule has 0 N–H and O–H groups in total. The van der Waals surface area contributed by atoms with Crippen molar-refractivity contribution in [2.45, 2.75) is 79.1 Å². The summed E-state index contributed by atoms with van der Waals surface area (Å²) < 4.78 is 0. The maximum Gasteiger partial charge on any atom is -0.00568 e. The van der Waals surface area contributed by atoms with Gasteiger partial charge in [-0.3, -0.25) is 0 Å². The zero-order chi connectivity index (χ0) is 19.1. The van der Waals surface area contributed by atoms with Gasteiger partial charge in [0.25, 0.3) is 0 Å². The van der Waals surface area contributed by atoms with Gasteiger partial charge in [0.2, 0.25) is 0 Å². The van der Waals surface area contributed by atoms with Crippen LogP contribution in [0.2, 0.25) is 0 Å². The monoisotopic (exact) mass is 346 g/mol. The van der Waals surface area contributed by atoms with E-state index in [0.717, 1.165) is 6.42 Å². The molecule has 0 spiro atoms. The number of unbranched alkanes of at least 4 members (excludes halogenated alkanes) is 2. The Morgan fingerprint density at radius 3 is 2.50 bits per heavy atom. The molecule has 0 saturated carbocycles. The van der Waals surface area contributed by atoms with Gasteiger partial charge in [-0.25, -0.2) is 0 Å². The summed E-state index contributed by atoms with van der Waals surface area (Å²) in [7, 11) is 0. The Bertz CT molecular complexity index is 849. The average molecular weight is 347 g/mol. The number of benzene rings is 2. The van der Waals surface area contributed by atoms with Crippen molar-refractivity contribution in [2.24, 2.45) is 0 Å². The van der Waals surface area contributed by atoms with Gasteiger partial charge in [0, 0.05) is 0 Å². The molecule has 0 heterocycles. The Labute approximate surface area is 160 Å². The first-order valence-electron chi connectivity index (χ1n) is 10.2. The highest BCUT2D eigenvalue weighted by atomic mass is 14.4. The van der Waals surface area contributed by atoms with E-state index in [9.17, 15) is 0 Å². The predicted octanol–water partition coefficient (Wildman–Crippen LogP) is 7.57. The van der Waals surface area contributed by atoms with Crippen LogP contribution in [0.15, 0.2) is 30.8 Å². The Balaban J connectivity index is 2.24. The molecular formula is C26H34. The average Bonchev–Trinajstić information content (AvgIpc) is 2.53. The Morgan fingerprint density at radius 1 is 1.12 bits per heavy atom. The second-order valence-electron chi connectivity index (χ2n) is 8.92. The fraction of sp³-hybridized carbons (Fsp3) is 0.462. The van der Waals surface area contributed by atoms with Crippen molar-refractivity contribution in [1.29, 1.82) is 0 Å². The number of fused-ring (bicyclic) bond motifs is 3. The maximum atomic E-state index is 4.33. The molecule has 2 aromatic rings. The van der Waals surface area contributed by atoms with E-state index in [2.05, 4.69) is 72.4 Å². The van der Waals surface area contributed by atoms with Gasteiger partial charge in [-0.2, -0.15) is 0 Å². The maximum absolute atomic E-state index is 4.33. The summed E-state index contributed by atoms with van der Waals surface area (Å²) in [5.41, 5.74) is 13.0. The highest BCUT2D eigenvalue weighted by molar-refractivity contribution is 5.84. The van der Waals surface area contributed by atoms with E-state index in [1.807, 2.05) is 0 Å². The zero-order valence-corrected chi connectivity index (χ0v) is 17.6. The van der Waals surface area contributed by atoms with Crippen molar-refractivity contribution >= 4 is 5.57 Å². The van der Waals surface area contributed by atoms with E-state index in [1.165, 1.54) is 75.8 Å². The third kappa shape index (κ3) is 3.27. The molecule has 2 aromatic carbocycles. The first-order valence-corrected chi connectivity index (χ1v) is 10.2. The summed E-state index contributed by atoms with van der Waals surface area (Å²) in [5, 5.41) is 0. The molecule has 0 aliphatic heterocycles. The lowest BCUT2D eigenvalue weighted by Gasteiger charge is -2.36. The van der Waals surface area contributed by atoms with Crippen LogP contribution < -0.4 is 0 Å². The van der Waals surface area contributed by atoms with E-state index in [0.29, 0.717) is 0 Å². The van der Waals surface area contributed by atoms with Crippen LogP contribution >= 0.6 is 0 Å². The van der Waals surface area contributed by atoms with Crippen molar-refractivity contribution in [2.75, 3.05) is 0 Å². The van der Waals surface area contributed by atoms with Gasteiger partial charge in [-0.1, -0.05) is 75.6 Å². The second kappa shape index (κ2) is 7.06. The summed E-state index contributed by atoms with van der Waals surface area (Å²) in [6.45, 7) is 18.1. The molecule has 0 fully saturated rings. The highest BCUT2D eigenvalue weighted by Gasteiger charge is 2.32. The third-order valence-corrected chi connectivity index (χ3v) is 6.02. The smallest absolute Gasteiger partial charge is 0.00568 e. The van der Waals surface area contributed by atoms with Gasteiger partial charge >= 0.3 is 0 Å². The summed E-state index contributed by atoms with van der Waals surface area (Å²) >= 11 is 0. The lowest BCUT2D eigenvalue weighted by molar-refractivity contribution is 0.516. The summed E-state index contributed by atoms with van der Waals surface area (Å²) in [6, 6.07) is 9.51. The van der Waals surface area contributed by atoms with E-state index < -0.39 is 0 Å². The molecular weight excluding hydrogens is 312 g/mol. The molecule has 0 radical (unpaired) electrons. The number of hydrogen-bond acceptors (Lipinski definition) is 0. The minimum Gasteiger partial charge on any atom is -0.0955 e. The van der Waals surface area contributed by atoms with E-state index >= 15 is 0 Å². The minimum atomic E-state index is 0.188. The summed E-state index contributed by atoms with van der Waals surface area (Å²) in [6.07, 6.45) is 6.14. The molecule has 26 heavy (non-hydrogen) atoms. The number of aryl methyl sites for hydroxylation is 2. The van der Waals surface area contributed by atoms with E-state index in [1.54, 1.807) is 0 Å². The van der Waals surface area contributed by atoms with Crippen LogP contribution in [0.5, 0.6) is 0 Å². The van der Waals surface area contributed by atoms with Gasteiger partial charge < -0.3 is 0 Å². The molecule has 0 heteroatoms. The van der Waals surface area contributed by atoms with Crippen LogP contribution in [0.1, 0.15) is 80.3 Å². The van der Waals surface area contributed by atoms with Crippen molar-refractivity contribution in [3.8, 4) is 11.1 Å². The quantitative estimate of drug-likeness (QED) is 0.490. The summed E-state index contributed by atoms with van der Waals surface area (Å²) in [5.74, 6) is 0. The van der Waals surface area contributed by atoms with Crippen LogP contribution in [0.25, 0.3) is 16.7 Å². The van der Waals surface area contributed by atoms with Crippen LogP contribution in [0.4, 0.5) is 0 Å². The number of allylic oxidation sites excluding steroid dienone is 1. The summed E-state index contributed by atoms with van der Waals surface area (Å²) in [4.78, 5) is 0. The van der Waals surface area contributed by atoms with Gasteiger partial charge in [0.1, 0.15) is 0 Å². The topological polar surface area (TPSA) is 0 Å². The van der Waals surface area contributed by atoms with Crippen molar-refractivity contribution < 1.29 is 0 Å². The minimum absolute atomic E-state index is 0.188. The van der Waals surface area contributed by atoms with E-state index in [-0.39, 0.29) is 5.41 Å². The molecule has 1 aliphatic carbocycles. The lowest BCUT2D eigenvalue weighted by Crippen LogP contribution is -2.26. The zero-order valence-electron chi connectivity index (χ0n) is 17.6. The fourth-order valence-electron chi connectivity index (χ4n) is 4.86. The predicted molar refractivity (Wildman–Crippen MR) is 116 cm³/mol. The highest BCUT2D eigenvalue weighted by Crippen LogP contribution is 2.47. The molecule has 0 nitrogen and oxygen atoms in total. The SMILES string of the molecule is C=C(C)c1c(CCCCC)cc2c(c1C)-c1cc(C)ccc1C(C)(C)C2. The van der Waals surface area contributed by atoms with Crippen LogP contribution in [0.3, 0.4) is 0 Å². The van der Waals surface area contributed by atoms with Gasteiger partial charge in [-0.15, -0.1) is 0 Å². The molecule has 0 amide bonds. The van der Waals surface area contributed by atoms with Crippen LogP contribution in [-0.2, 0) is 18.3 Å². The normalized spacial score (nSPS) is 14.7. The van der Waals surface area contributed by atoms with Crippen LogP contribution in [-0.4, -0.2) is 0 Å². The van der Waals surface area contributed by atoms with Crippen molar-refractivity contribution in [1.82, 2.24) is 0 Å². The Kier molecular flexibility index (Phi) is 5.15. The molecule has 0 aromatic heterocycles. The van der Waals surface area contributed by atoms with Gasteiger partial charge in [0.05, 0.1) is 0 Å². The van der Waals surface area contributed by atoms with Gasteiger partial charge in [0.15, 0.2) is 0 Å². The Hall–Kier alpha value is -1.82. The molecule has 1 aliphatic rings. The molecule has 0 saturated heterocycles. The first-order chi connectivity index (χ1) is 12.3. The van der Waals surface area contributed by atoms with Gasteiger partial charge in [-0.05, 0) is 84.4 Å². The van der Waals surface area contributed by atoms with Crippen LogP contribution in [0, 0.1) is 13.8 Å². The molecule has 3 rings (SSSR count). The van der Waals surface area contributed by atoms with E-state index in [4.69, 9.17) is 0 Å². The van der Waals surface area contributed by atoms with Crippen molar-refractivity contribution in [3.05, 3.63) is 64.2 Å².